The lowest BCUT2D eigenvalue weighted by Crippen LogP contribution is -2.18. The van der Waals surface area contributed by atoms with E-state index in [1.165, 1.54) is 0 Å². The second kappa shape index (κ2) is 32.1. The standard InChI is InChI=1S/C4H6O4.5CH4N2S/c5-3(6)1-2-4(7)8;5*2-1(3)4/h1-2H2,(H,5,6)(H,7,8);5*(H4,2,3,4). The molecule has 0 radical (unpaired) electrons. The summed E-state index contributed by atoms with van der Waals surface area (Å²) in [7, 11) is 0. The lowest BCUT2D eigenvalue weighted by atomic mass is 10.3. The van der Waals surface area contributed by atoms with Crippen LogP contribution in [0.2, 0.25) is 0 Å². The number of hydrogen-bond donors (Lipinski definition) is 12. The third kappa shape index (κ3) is 2050. The van der Waals surface area contributed by atoms with Gasteiger partial charge in [0.25, 0.3) is 0 Å². The first-order valence-corrected chi connectivity index (χ1v) is 8.01. The molecule has 0 fully saturated rings. The lowest BCUT2D eigenvalue weighted by molar-refractivity contribution is -0.143. The molecule has 0 saturated carbocycles. The van der Waals surface area contributed by atoms with Crippen molar-refractivity contribution in [2.75, 3.05) is 0 Å². The minimum Gasteiger partial charge on any atom is -0.481 e. The summed E-state index contributed by atoms with van der Waals surface area (Å²) in [5, 5.41) is 15.8. The van der Waals surface area contributed by atoms with E-state index in [1.54, 1.807) is 0 Å². The first-order chi connectivity index (χ1) is 12.3. The van der Waals surface area contributed by atoms with E-state index in [1.807, 2.05) is 0 Å². The summed E-state index contributed by atoms with van der Waals surface area (Å²) in [6, 6.07) is 0. The van der Waals surface area contributed by atoms with Crippen LogP contribution >= 0.6 is 61.1 Å². The zero-order valence-corrected chi connectivity index (χ0v) is 18.5. The molecule has 0 rings (SSSR count). The van der Waals surface area contributed by atoms with Gasteiger partial charge in [0.1, 0.15) is 0 Å². The number of carboxylic acid groups (broad SMARTS) is 2. The normalized spacial score (nSPS) is 6.71. The molecule has 14 nitrogen and oxygen atoms in total. The molecule has 0 aliphatic carbocycles. The molecular formula is C9H26N10O4S5. The fourth-order valence-electron chi connectivity index (χ4n) is 0.214. The number of nitrogens with two attached hydrogens (primary N) is 10. The molecule has 0 aromatic carbocycles. The summed E-state index contributed by atoms with van der Waals surface area (Å²) in [5.74, 6) is -2.15. The molecule has 0 bridgehead atoms. The minimum atomic E-state index is -1.08. The van der Waals surface area contributed by atoms with Crippen LogP contribution in [0.25, 0.3) is 0 Å². The Morgan fingerprint density at radius 3 is 0.571 bits per heavy atom. The molecule has 0 aliphatic heterocycles. The molecular weight excluding hydrogens is 473 g/mol. The highest BCUT2D eigenvalue weighted by molar-refractivity contribution is 7.80. The van der Waals surface area contributed by atoms with Crippen molar-refractivity contribution in [2.45, 2.75) is 12.8 Å². The molecule has 0 amide bonds. The third-order valence-corrected chi connectivity index (χ3v) is 0.553. The third-order valence-electron chi connectivity index (χ3n) is 0.553. The van der Waals surface area contributed by atoms with E-state index < -0.39 is 11.9 Å². The molecule has 0 aromatic heterocycles. The molecule has 0 spiro atoms. The summed E-state index contributed by atoms with van der Waals surface area (Å²) < 4.78 is 0. The molecule has 0 heterocycles. The van der Waals surface area contributed by atoms with Gasteiger partial charge in [0.15, 0.2) is 25.6 Å². The number of aliphatic carboxylic acids is 2. The molecule has 0 unspecified atom stereocenters. The van der Waals surface area contributed by atoms with Crippen LogP contribution in [-0.4, -0.2) is 47.7 Å². The van der Waals surface area contributed by atoms with Crippen molar-refractivity contribution in [3.63, 3.8) is 0 Å². The molecule has 28 heavy (non-hydrogen) atoms. The van der Waals surface area contributed by atoms with E-state index in [-0.39, 0.29) is 38.4 Å². The van der Waals surface area contributed by atoms with Gasteiger partial charge in [-0.05, 0) is 61.1 Å². The van der Waals surface area contributed by atoms with Crippen molar-refractivity contribution in [1.29, 1.82) is 0 Å². The van der Waals surface area contributed by atoms with E-state index in [9.17, 15) is 9.59 Å². The predicted molar refractivity (Wildman–Crippen MR) is 129 cm³/mol. The van der Waals surface area contributed by atoms with Gasteiger partial charge in [-0.1, -0.05) is 0 Å². The summed E-state index contributed by atoms with van der Waals surface area (Å²) in [6.07, 6.45) is -0.593. The second-order valence-electron chi connectivity index (χ2n) is 3.30. The Kier molecular flexibility index (Phi) is 46.0. The number of thiocarbonyl (C=S) groups is 5. The zero-order valence-electron chi connectivity index (χ0n) is 14.4. The Labute approximate surface area is 188 Å². The average molecular weight is 499 g/mol. The van der Waals surface area contributed by atoms with Gasteiger partial charge in [0.2, 0.25) is 0 Å². The molecule has 22 N–H and O–H groups in total. The smallest absolute Gasteiger partial charge is 0.303 e. The van der Waals surface area contributed by atoms with E-state index >= 15 is 0 Å². The summed E-state index contributed by atoms with van der Waals surface area (Å²) >= 11 is 20.5. The van der Waals surface area contributed by atoms with Crippen molar-refractivity contribution in [1.82, 2.24) is 0 Å². The van der Waals surface area contributed by atoms with Gasteiger partial charge >= 0.3 is 11.9 Å². The van der Waals surface area contributed by atoms with Gasteiger partial charge in [-0.25, -0.2) is 0 Å². The van der Waals surface area contributed by atoms with Crippen LogP contribution in [0.3, 0.4) is 0 Å². The number of carboxylic acids is 2. The van der Waals surface area contributed by atoms with Crippen LogP contribution in [0.15, 0.2) is 0 Å². The van der Waals surface area contributed by atoms with Crippen molar-refractivity contribution >= 4 is 98.6 Å². The van der Waals surface area contributed by atoms with Crippen molar-refractivity contribution in [3.8, 4) is 0 Å². The van der Waals surface area contributed by atoms with E-state index in [0.29, 0.717) is 0 Å². The summed E-state index contributed by atoms with van der Waals surface area (Å²) in [6.45, 7) is 0. The Morgan fingerprint density at radius 2 is 0.536 bits per heavy atom. The van der Waals surface area contributed by atoms with Gasteiger partial charge in [-0.3, -0.25) is 9.59 Å². The van der Waals surface area contributed by atoms with Gasteiger partial charge in [0, 0.05) is 0 Å². The molecule has 19 heteroatoms. The maximum absolute atomic E-state index is 9.64. The van der Waals surface area contributed by atoms with E-state index in [2.05, 4.69) is 118 Å². The molecule has 0 atom stereocenters. The number of rotatable bonds is 3. The molecule has 0 saturated heterocycles. The topological polar surface area (TPSA) is 335 Å². The zero-order chi connectivity index (χ0) is 24.5. The number of hydrogen-bond acceptors (Lipinski definition) is 7. The molecule has 0 aliphatic rings. The summed E-state index contributed by atoms with van der Waals surface area (Å²) in [5.41, 5.74) is 46.2. The average Bonchev–Trinajstić information content (AvgIpc) is 2.32. The molecule has 0 aromatic rings. The van der Waals surface area contributed by atoms with Gasteiger partial charge < -0.3 is 67.5 Å². The van der Waals surface area contributed by atoms with Gasteiger partial charge in [0.05, 0.1) is 12.8 Å². The first-order valence-electron chi connectivity index (χ1n) is 5.97. The minimum absolute atomic E-state index is 0.000000000000000222. The Morgan fingerprint density at radius 1 is 0.464 bits per heavy atom. The Balaban J connectivity index is -0.0000000536. The first kappa shape index (κ1) is 40.2. The van der Waals surface area contributed by atoms with Crippen LogP contribution in [-0.2, 0) is 9.59 Å². The van der Waals surface area contributed by atoms with Crippen LogP contribution in [0.1, 0.15) is 12.8 Å². The Bertz CT molecular complexity index is 402. The van der Waals surface area contributed by atoms with Crippen molar-refractivity contribution < 1.29 is 19.8 Å². The van der Waals surface area contributed by atoms with Crippen molar-refractivity contribution in [2.24, 2.45) is 57.3 Å². The number of carbonyl (C=O) groups is 2. The highest BCUT2D eigenvalue weighted by Crippen LogP contribution is 1.86. The van der Waals surface area contributed by atoms with Gasteiger partial charge in [-0.2, -0.15) is 0 Å². The molecule has 166 valence electrons. The second-order valence-corrected chi connectivity index (χ2v) is 5.66. The highest BCUT2D eigenvalue weighted by Gasteiger charge is 2.00. The Hall–Kier alpha value is -2.61. The fourth-order valence-corrected chi connectivity index (χ4v) is 0.214. The highest BCUT2D eigenvalue weighted by atomic mass is 32.1. The SMILES string of the molecule is NC(N)=S.NC(N)=S.NC(N)=S.NC(N)=S.NC(N)=S.O=C(O)CCC(=O)O. The van der Waals surface area contributed by atoms with Crippen LogP contribution in [0, 0.1) is 0 Å². The van der Waals surface area contributed by atoms with E-state index in [0.717, 1.165) is 0 Å². The predicted octanol–water partition coefficient (Wildman–Crippen LogP) is -4.12. The quantitative estimate of drug-likeness (QED) is 0.164. The monoisotopic (exact) mass is 498 g/mol. The van der Waals surface area contributed by atoms with Crippen LogP contribution in [0.4, 0.5) is 0 Å². The van der Waals surface area contributed by atoms with Gasteiger partial charge in [-0.15, -0.1) is 0 Å². The largest absolute Gasteiger partial charge is 0.481 e. The fraction of sp³-hybridized carbons (Fsp3) is 0.222. The summed E-state index contributed by atoms with van der Waals surface area (Å²) in [4.78, 5) is 19.3. The lowest BCUT2D eigenvalue weighted by Gasteiger charge is -1.85. The van der Waals surface area contributed by atoms with Crippen LogP contribution < -0.4 is 57.3 Å². The maximum Gasteiger partial charge on any atom is 0.303 e. The van der Waals surface area contributed by atoms with Crippen LogP contribution in [0.5, 0.6) is 0 Å². The van der Waals surface area contributed by atoms with E-state index in [4.69, 9.17) is 10.2 Å². The maximum atomic E-state index is 9.64. The van der Waals surface area contributed by atoms with Crippen molar-refractivity contribution in [3.05, 3.63) is 0 Å².